The number of hydrogen-bond acceptors (Lipinski definition) is 6. The van der Waals surface area contributed by atoms with Crippen LogP contribution in [-0.4, -0.2) is 54.1 Å². The standard InChI is InChI=1S/C20H28N2O5S/c1-14(2)7-12-28-18-4-3-16(13-17(18)22(24)25)19(23)21-8-5-15(6-9-21)20-26-10-11-27-20/h3-4,13-15,20H,5-12H2,1-2H3. The number of ether oxygens (including phenoxy) is 2. The Morgan fingerprint density at radius 1 is 1.29 bits per heavy atom. The largest absolute Gasteiger partial charge is 0.350 e. The molecular formula is C20H28N2O5S. The van der Waals surface area contributed by atoms with Crippen LogP contribution >= 0.6 is 11.8 Å². The number of hydrogen-bond donors (Lipinski definition) is 0. The molecule has 0 saturated carbocycles. The molecule has 2 aliphatic heterocycles. The quantitative estimate of drug-likeness (QED) is 0.386. The SMILES string of the molecule is CC(C)CCSc1ccc(C(=O)N2CCC(C3OCCO3)CC2)cc1[N+](=O)[O-]. The van der Waals surface area contributed by atoms with Gasteiger partial charge in [0.05, 0.1) is 23.0 Å². The summed E-state index contributed by atoms with van der Waals surface area (Å²) in [7, 11) is 0. The summed E-state index contributed by atoms with van der Waals surface area (Å²) in [5.74, 6) is 1.54. The fourth-order valence-corrected chi connectivity index (χ4v) is 4.78. The molecule has 2 fully saturated rings. The molecule has 0 aromatic heterocycles. The summed E-state index contributed by atoms with van der Waals surface area (Å²) in [6.07, 6.45) is 2.48. The highest BCUT2D eigenvalue weighted by Gasteiger charge is 2.32. The van der Waals surface area contributed by atoms with Gasteiger partial charge in [0.25, 0.3) is 11.6 Å². The maximum Gasteiger partial charge on any atom is 0.283 e. The summed E-state index contributed by atoms with van der Waals surface area (Å²) in [6, 6.07) is 4.85. The lowest BCUT2D eigenvalue weighted by molar-refractivity contribution is -0.387. The van der Waals surface area contributed by atoms with E-state index in [1.54, 1.807) is 17.0 Å². The second-order valence-electron chi connectivity index (χ2n) is 7.71. The van der Waals surface area contributed by atoms with Crippen molar-refractivity contribution in [2.75, 3.05) is 32.1 Å². The molecule has 3 rings (SSSR count). The number of thioether (sulfide) groups is 1. The molecule has 0 radical (unpaired) electrons. The molecule has 0 N–H and O–H groups in total. The third-order valence-corrected chi connectivity index (χ3v) is 6.31. The Hall–Kier alpha value is -1.64. The van der Waals surface area contributed by atoms with Gasteiger partial charge in [-0.3, -0.25) is 14.9 Å². The van der Waals surface area contributed by atoms with E-state index in [1.807, 2.05) is 0 Å². The van der Waals surface area contributed by atoms with Gasteiger partial charge in [-0.2, -0.15) is 0 Å². The molecule has 1 aromatic rings. The van der Waals surface area contributed by atoms with Crippen molar-refractivity contribution in [3.63, 3.8) is 0 Å². The van der Waals surface area contributed by atoms with Gasteiger partial charge >= 0.3 is 0 Å². The summed E-state index contributed by atoms with van der Waals surface area (Å²) < 4.78 is 11.1. The minimum Gasteiger partial charge on any atom is -0.350 e. The maximum absolute atomic E-state index is 12.9. The number of nitro groups is 1. The summed E-state index contributed by atoms with van der Waals surface area (Å²) in [5, 5.41) is 11.5. The van der Waals surface area contributed by atoms with E-state index < -0.39 is 4.92 Å². The van der Waals surface area contributed by atoms with Gasteiger partial charge in [-0.1, -0.05) is 13.8 Å². The zero-order chi connectivity index (χ0) is 20.1. The Kier molecular flexibility index (Phi) is 7.31. The predicted molar refractivity (Wildman–Crippen MR) is 108 cm³/mol. The van der Waals surface area contributed by atoms with Crippen LogP contribution in [0, 0.1) is 22.0 Å². The number of likely N-dealkylation sites (tertiary alicyclic amines) is 1. The first kappa shape index (κ1) is 21.1. The normalized spacial score (nSPS) is 18.8. The van der Waals surface area contributed by atoms with E-state index >= 15 is 0 Å². The number of nitro benzene ring substituents is 1. The van der Waals surface area contributed by atoms with Crippen LogP contribution in [0.2, 0.25) is 0 Å². The molecule has 0 bridgehead atoms. The van der Waals surface area contributed by atoms with Crippen LogP contribution in [0.3, 0.4) is 0 Å². The Morgan fingerprint density at radius 3 is 2.57 bits per heavy atom. The Bertz CT molecular complexity index is 698. The van der Waals surface area contributed by atoms with E-state index in [2.05, 4.69) is 13.8 Å². The van der Waals surface area contributed by atoms with Crippen LogP contribution in [-0.2, 0) is 9.47 Å². The minimum atomic E-state index is -0.393. The van der Waals surface area contributed by atoms with Gasteiger partial charge in [-0.25, -0.2) is 0 Å². The smallest absolute Gasteiger partial charge is 0.283 e. The average molecular weight is 409 g/mol. The van der Waals surface area contributed by atoms with Gasteiger partial charge in [0.15, 0.2) is 6.29 Å². The summed E-state index contributed by atoms with van der Waals surface area (Å²) in [5.41, 5.74) is 0.397. The zero-order valence-electron chi connectivity index (χ0n) is 16.5. The number of benzene rings is 1. The molecule has 7 nitrogen and oxygen atoms in total. The van der Waals surface area contributed by atoms with Gasteiger partial charge in [0, 0.05) is 30.6 Å². The molecule has 2 saturated heterocycles. The van der Waals surface area contributed by atoms with E-state index in [4.69, 9.17) is 9.47 Å². The van der Waals surface area contributed by atoms with E-state index in [-0.39, 0.29) is 17.9 Å². The fraction of sp³-hybridized carbons (Fsp3) is 0.650. The van der Waals surface area contributed by atoms with Gasteiger partial charge in [0.1, 0.15) is 0 Å². The van der Waals surface area contributed by atoms with Gasteiger partial charge in [-0.05, 0) is 43.1 Å². The first-order valence-electron chi connectivity index (χ1n) is 9.89. The zero-order valence-corrected chi connectivity index (χ0v) is 17.3. The Morgan fingerprint density at radius 2 is 1.96 bits per heavy atom. The molecule has 0 spiro atoms. The molecule has 154 valence electrons. The molecular weight excluding hydrogens is 380 g/mol. The fourth-order valence-electron chi connectivity index (χ4n) is 3.53. The minimum absolute atomic E-state index is 0.0160. The second kappa shape index (κ2) is 9.71. The molecule has 0 atom stereocenters. The van der Waals surface area contributed by atoms with Crippen LogP contribution in [0.5, 0.6) is 0 Å². The highest BCUT2D eigenvalue weighted by atomic mass is 32.2. The Balaban J connectivity index is 1.63. The van der Waals surface area contributed by atoms with E-state index in [0.29, 0.717) is 48.6 Å². The predicted octanol–water partition coefficient (Wildman–Crippen LogP) is 3.96. The third kappa shape index (κ3) is 5.24. The number of rotatable bonds is 7. The molecule has 0 unspecified atom stereocenters. The van der Waals surface area contributed by atoms with Crippen molar-refractivity contribution in [3.05, 3.63) is 33.9 Å². The van der Waals surface area contributed by atoms with Crippen LogP contribution in [0.1, 0.15) is 43.5 Å². The lowest BCUT2D eigenvalue weighted by atomic mass is 9.95. The van der Waals surface area contributed by atoms with E-state index in [1.165, 1.54) is 17.8 Å². The first-order chi connectivity index (χ1) is 13.5. The van der Waals surface area contributed by atoms with Crippen molar-refractivity contribution in [3.8, 4) is 0 Å². The van der Waals surface area contributed by atoms with Crippen LogP contribution < -0.4 is 0 Å². The maximum atomic E-state index is 12.9. The van der Waals surface area contributed by atoms with Crippen molar-refractivity contribution in [1.29, 1.82) is 0 Å². The average Bonchev–Trinajstić information content (AvgIpc) is 3.22. The topological polar surface area (TPSA) is 81.9 Å². The van der Waals surface area contributed by atoms with Crippen molar-refractivity contribution in [1.82, 2.24) is 4.90 Å². The number of nitrogens with zero attached hydrogens (tertiary/aromatic N) is 2. The van der Waals surface area contributed by atoms with Crippen LogP contribution in [0.4, 0.5) is 5.69 Å². The molecule has 8 heteroatoms. The number of piperidine rings is 1. The van der Waals surface area contributed by atoms with Crippen molar-refractivity contribution < 1.29 is 19.2 Å². The van der Waals surface area contributed by atoms with Crippen LogP contribution in [0.15, 0.2) is 23.1 Å². The summed E-state index contributed by atoms with van der Waals surface area (Å²) in [4.78, 5) is 26.4. The molecule has 28 heavy (non-hydrogen) atoms. The molecule has 2 heterocycles. The number of amides is 1. The van der Waals surface area contributed by atoms with Gasteiger partial charge in [0.2, 0.25) is 0 Å². The highest BCUT2D eigenvalue weighted by Crippen LogP contribution is 2.32. The molecule has 1 amide bonds. The van der Waals surface area contributed by atoms with E-state index in [9.17, 15) is 14.9 Å². The monoisotopic (exact) mass is 408 g/mol. The van der Waals surface area contributed by atoms with Crippen molar-refractivity contribution in [2.24, 2.45) is 11.8 Å². The molecule has 0 aliphatic carbocycles. The lowest BCUT2D eigenvalue weighted by Crippen LogP contribution is -2.41. The first-order valence-corrected chi connectivity index (χ1v) is 10.9. The van der Waals surface area contributed by atoms with E-state index in [0.717, 1.165) is 25.0 Å². The van der Waals surface area contributed by atoms with Gasteiger partial charge in [-0.15, -0.1) is 11.8 Å². The second-order valence-corrected chi connectivity index (χ2v) is 8.85. The lowest BCUT2D eigenvalue weighted by Gasteiger charge is -2.33. The van der Waals surface area contributed by atoms with Gasteiger partial charge < -0.3 is 14.4 Å². The number of carbonyl (C=O) groups excluding carboxylic acids is 1. The van der Waals surface area contributed by atoms with Crippen LogP contribution in [0.25, 0.3) is 0 Å². The van der Waals surface area contributed by atoms with Crippen molar-refractivity contribution >= 4 is 23.4 Å². The Labute approximate surface area is 169 Å². The third-order valence-electron chi connectivity index (χ3n) is 5.21. The summed E-state index contributed by atoms with van der Waals surface area (Å²) >= 11 is 1.48. The highest BCUT2D eigenvalue weighted by molar-refractivity contribution is 7.99. The molecule has 1 aromatic carbocycles. The molecule has 2 aliphatic rings. The summed E-state index contributed by atoms with van der Waals surface area (Å²) in [6.45, 7) is 6.76. The number of carbonyl (C=O) groups is 1. The van der Waals surface area contributed by atoms with Crippen molar-refractivity contribution in [2.45, 2.75) is 44.3 Å².